The Morgan fingerprint density at radius 3 is 2.33 bits per heavy atom. The van der Waals surface area contributed by atoms with Crippen molar-refractivity contribution in [2.75, 3.05) is 13.7 Å². The van der Waals surface area contributed by atoms with E-state index in [9.17, 15) is 0 Å². The molecule has 0 heterocycles. The van der Waals surface area contributed by atoms with Crippen molar-refractivity contribution in [1.82, 2.24) is 5.32 Å². The number of hydrogen-bond acceptors (Lipinski definition) is 2. The van der Waals surface area contributed by atoms with Crippen molar-refractivity contribution in [2.24, 2.45) is 0 Å². The van der Waals surface area contributed by atoms with Gasteiger partial charge in [0.25, 0.3) is 0 Å². The Labute approximate surface area is 95.8 Å². The van der Waals surface area contributed by atoms with E-state index in [0.29, 0.717) is 12.1 Å². The lowest BCUT2D eigenvalue weighted by Gasteiger charge is -2.19. The van der Waals surface area contributed by atoms with E-state index < -0.39 is 0 Å². The molecule has 2 nitrogen and oxygen atoms in total. The van der Waals surface area contributed by atoms with Crippen LogP contribution in [0.2, 0.25) is 0 Å². The summed E-state index contributed by atoms with van der Waals surface area (Å²) in [6, 6.07) is 0.694. The fourth-order valence-corrected chi connectivity index (χ4v) is 1.83. The van der Waals surface area contributed by atoms with E-state index in [1.165, 1.54) is 38.5 Å². The third kappa shape index (κ3) is 8.88. The van der Waals surface area contributed by atoms with E-state index in [-0.39, 0.29) is 0 Å². The third-order valence-corrected chi connectivity index (χ3v) is 2.97. The van der Waals surface area contributed by atoms with Crippen LogP contribution >= 0.6 is 0 Å². The number of unbranched alkanes of at least 4 members (excludes halogenated alkanes) is 2. The summed E-state index contributed by atoms with van der Waals surface area (Å²) in [6.07, 6.45) is 8.16. The molecule has 2 atom stereocenters. The number of hydrogen-bond donors (Lipinski definition) is 1. The molecule has 0 aromatic carbocycles. The Kier molecular flexibility index (Phi) is 10.4. The standard InChI is InChI=1S/C13H29NO/c1-5-7-8-9-13(14-6-2)11-10-12(3)15-4/h12-14H,5-11H2,1-4H3. The normalized spacial score (nSPS) is 15.2. The second-order valence-corrected chi connectivity index (χ2v) is 4.37. The van der Waals surface area contributed by atoms with Gasteiger partial charge in [0.15, 0.2) is 0 Å². The number of nitrogens with one attached hydrogen (secondary N) is 1. The third-order valence-electron chi connectivity index (χ3n) is 2.97. The monoisotopic (exact) mass is 215 g/mol. The Morgan fingerprint density at radius 1 is 1.07 bits per heavy atom. The second-order valence-electron chi connectivity index (χ2n) is 4.37. The Morgan fingerprint density at radius 2 is 1.80 bits per heavy atom. The highest BCUT2D eigenvalue weighted by Crippen LogP contribution is 2.11. The quantitative estimate of drug-likeness (QED) is 0.564. The summed E-state index contributed by atoms with van der Waals surface area (Å²) in [6.45, 7) is 7.68. The fraction of sp³-hybridized carbons (Fsp3) is 1.00. The average Bonchev–Trinajstić information content (AvgIpc) is 2.25. The van der Waals surface area contributed by atoms with Crippen LogP contribution in [0.5, 0.6) is 0 Å². The lowest BCUT2D eigenvalue weighted by atomic mass is 10.0. The largest absolute Gasteiger partial charge is 0.382 e. The van der Waals surface area contributed by atoms with Gasteiger partial charge in [-0.15, -0.1) is 0 Å². The smallest absolute Gasteiger partial charge is 0.0543 e. The first-order valence-corrected chi connectivity index (χ1v) is 6.50. The zero-order valence-corrected chi connectivity index (χ0v) is 11.0. The first-order valence-electron chi connectivity index (χ1n) is 6.50. The van der Waals surface area contributed by atoms with Gasteiger partial charge in [-0.05, 0) is 32.7 Å². The molecule has 2 unspecified atom stereocenters. The van der Waals surface area contributed by atoms with Gasteiger partial charge in [-0.3, -0.25) is 0 Å². The van der Waals surface area contributed by atoms with Gasteiger partial charge in [0.2, 0.25) is 0 Å². The Hall–Kier alpha value is -0.0800. The molecule has 0 aliphatic rings. The second kappa shape index (κ2) is 10.4. The minimum atomic E-state index is 0.400. The summed E-state index contributed by atoms with van der Waals surface area (Å²) in [5, 5.41) is 3.57. The van der Waals surface area contributed by atoms with Gasteiger partial charge in [-0.2, -0.15) is 0 Å². The molecular formula is C13H29NO. The molecule has 0 bridgehead atoms. The van der Waals surface area contributed by atoms with Crippen LogP contribution in [-0.4, -0.2) is 25.8 Å². The minimum Gasteiger partial charge on any atom is -0.382 e. The van der Waals surface area contributed by atoms with Gasteiger partial charge in [0.05, 0.1) is 6.10 Å². The van der Waals surface area contributed by atoms with Gasteiger partial charge < -0.3 is 10.1 Å². The first-order chi connectivity index (χ1) is 7.24. The molecule has 0 radical (unpaired) electrons. The van der Waals surface area contributed by atoms with Crippen molar-refractivity contribution in [1.29, 1.82) is 0 Å². The maximum Gasteiger partial charge on any atom is 0.0543 e. The van der Waals surface area contributed by atoms with Crippen LogP contribution in [0.1, 0.15) is 59.3 Å². The molecule has 0 aromatic rings. The fourth-order valence-electron chi connectivity index (χ4n) is 1.83. The van der Waals surface area contributed by atoms with E-state index >= 15 is 0 Å². The number of methoxy groups -OCH3 is 1. The predicted molar refractivity (Wildman–Crippen MR) is 67.3 cm³/mol. The van der Waals surface area contributed by atoms with E-state index in [0.717, 1.165) is 6.54 Å². The Bertz CT molecular complexity index is 128. The van der Waals surface area contributed by atoms with Gasteiger partial charge in [0, 0.05) is 13.2 Å². The first kappa shape index (κ1) is 14.9. The molecule has 0 rings (SSSR count). The Balaban J connectivity index is 3.62. The topological polar surface area (TPSA) is 21.3 Å². The van der Waals surface area contributed by atoms with Gasteiger partial charge >= 0.3 is 0 Å². The van der Waals surface area contributed by atoms with Crippen LogP contribution < -0.4 is 5.32 Å². The van der Waals surface area contributed by atoms with Crippen LogP contribution in [0, 0.1) is 0 Å². The number of rotatable bonds is 10. The summed E-state index contributed by atoms with van der Waals surface area (Å²) in [4.78, 5) is 0. The highest BCUT2D eigenvalue weighted by atomic mass is 16.5. The lowest BCUT2D eigenvalue weighted by molar-refractivity contribution is 0.105. The number of ether oxygens (including phenoxy) is 1. The molecule has 92 valence electrons. The van der Waals surface area contributed by atoms with E-state index in [2.05, 4.69) is 26.1 Å². The lowest BCUT2D eigenvalue weighted by Crippen LogP contribution is -2.29. The van der Waals surface area contributed by atoms with Crippen LogP contribution in [0.25, 0.3) is 0 Å². The maximum atomic E-state index is 5.28. The van der Waals surface area contributed by atoms with Crippen molar-refractivity contribution in [3.8, 4) is 0 Å². The van der Waals surface area contributed by atoms with Crippen molar-refractivity contribution in [2.45, 2.75) is 71.4 Å². The van der Waals surface area contributed by atoms with Crippen LogP contribution in [-0.2, 0) is 4.74 Å². The van der Waals surface area contributed by atoms with E-state index in [1.54, 1.807) is 7.11 Å². The zero-order valence-electron chi connectivity index (χ0n) is 11.0. The molecule has 0 saturated carbocycles. The van der Waals surface area contributed by atoms with Crippen molar-refractivity contribution < 1.29 is 4.74 Å². The molecule has 0 saturated heterocycles. The minimum absolute atomic E-state index is 0.400. The molecule has 15 heavy (non-hydrogen) atoms. The molecule has 0 spiro atoms. The maximum absolute atomic E-state index is 5.28. The predicted octanol–water partition coefficient (Wildman–Crippen LogP) is 3.36. The molecule has 0 aliphatic heterocycles. The van der Waals surface area contributed by atoms with Crippen molar-refractivity contribution in [3.63, 3.8) is 0 Å². The van der Waals surface area contributed by atoms with Gasteiger partial charge in [-0.25, -0.2) is 0 Å². The van der Waals surface area contributed by atoms with Crippen LogP contribution in [0.4, 0.5) is 0 Å². The summed E-state index contributed by atoms with van der Waals surface area (Å²) >= 11 is 0. The molecule has 0 amide bonds. The van der Waals surface area contributed by atoms with E-state index in [4.69, 9.17) is 4.74 Å². The molecule has 1 N–H and O–H groups in total. The van der Waals surface area contributed by atoms with Crippen molar-refractivity contribution >= 4 is 0 Å². The van der Waals surface area contributed by atoms with Crippen molar-refractivity contribution in [3.05, 3.63) is 0 Å². The highest BCUT2D eigenvalue weighted by molar-refractivity contribution is 4.67. The summed E-state index contributed by atoms with van der Waals surface area (Å²) in [7, 11) is 1.80. The summed E-state index contributed by atoms with van der Waals surface area (Å²) < 4.78 is 5.28. The van der Waals surface area contributed by atoms with Crippen LogP contribution in [0.15, 0.2) is 0 Å². The van der Waals surface area contributed by atoms with Gasteiger partial charge in [0.1, 0.15) is 0 Å². The average molecular weight is 215 g/mol. The highest BCUT2D eigenvalue weighted by Gasteiger charge is 2.08. The van der Waals surface area contributed by atoms with Crippen LogP contribution in [0.3, 0.4) is 0 Å². The van der Waals surface area contributed by atoms with Gasteiger partial charge in [-0.1, -0.05) is 33.1 Å². The molecule has 0 aromatic heterocycles. The molecular weight excluding hydrogens is 186 g/mol. The SMILES string of the molecule is CCCCCC(CCC(C)OC)NCC. The summed E-state index contributed by atoms with van der Waals surface area (Å²) in [5.74, 6) is 0. The van der Waals surface area contributed by atoms with E-state index in [1.807, 2.05) is 0 Å². The molecule has 0 fully saturated rings. The molecule has 2 heteroatoms. The molecule has 0 aliphatic carbocycles. The zero-order chi connectivity index (χ0) is 11.5. The summed E-state index contributed by atoms with van der Waals surface area (Å²) in [5.41, 5.74) is 0.